The molecule has 4 aromatic heterocycles. The second-order valence-corrected chi connectivity index (χ2v) is 14.4. The molecule has 0 saturated heterocycles. The molecule has 4 nitrogen and oxygen atoms in total. The van der Waals surface area contributed by atoms with E-state index in [0.29, 0.717) is 5.95 Å². The Morgan fingerprint density at radius 1 is 0.392 bits per heavy atom. The van der Waals surface area contributed by atoms with Gasteiger partial charge in [-0.15, -0.1) is 11.3 Å². The molecule has 0 radical (unpaired) electrons. The number of benzene rings is 7. The lowest BCUT2D eigenvalue weighted by atomic mass is 9.95. The van der Waals surface area contributed by atoms with Crippen molar-refractivity contribution in [2.45, 2.75) is 0 Å². The minimum Gasteiger partial charge on any atom is -0.309 e. The molecule has 236 valence electrons. The van der Waals surface area contributed by atoms with E-state index >= 15 is 0 Å². The van der Waals surface area contributed by atoms with E-state index in [4.69, 9.17) is 9.97 Å². The third-order valence-electron chi connectivity index (χ3n) is 10.7. The summed E-state index contributed by atoms with van der Waals surface area (Å²) >= 11 is 1.77. The van der Waals surface area contributed by atoms with Gasteiger partial charge in [0.25, 0.3) is 0 Å². The van der Waals surface area contributed by atoms with E-state index in [-0.39, 0.29) is 0 Å². The van der Waals surface area contributed by atoms with Crippen LogP contribution < -0.4 is 0 Å². The van der Waals surface area contributed by atoms with Gasteiger partial charge in [-0.2, -0.15) is 0 Å². The van der Waals surface area contributed by atoms with Crippen molar-refractivity contribution in [1.82, 2.24) is 19.1 Å². The highest BCUT2D eigenvalue weighted by molar-refractivity contribution is 7.26. The molecule has 51 heavy (non-hydrogen) atoms. The van der Waals surface area contributed by atoms with Crippen molar-refractivity contribution in [2.75, 3.05) is 0 Å². The van der Waals surface area contributed by atoms with Gasteiger partial charge in [0, 0.05) is 42.9 Å². The van der Waals surface area contributed by atoms with Crippen LogP contribution in [0.25, 0.3) is 108 Å². The van der Waals surface area contributed by atoms with Crippen molar-refractivity contribution >= 4 is 96.8 Å². The fraction of sp³-hybridized carbons (Fsp3) is 0. The molecule has 12 rings (SSSR count). The number of hydrogen-bond donors (Lipinski definition) is 0. The number of rotatable bonds is 3. The minimum atomic E-state index is 0.681. The molecule has 0 saturated carbocycles. The normalized spacial score (nSPS) is 12.3. The van der Waals surface area contributed by atoms with E-state index in [9.17, 15) is 0 Å². The van der Waals surface area contributed by atoms with Crippen molar-refractivity contribution in [1.29, 1.82) is 0 Å². The van der Waals surface area contributed by atoms with Gasteiger partial charge in [0.1, 0.15) is 0 Å². The van der Waals surface area contributed by atoms with Crippen LogP contribution >= 0.6 is 11.3 Å². The predicted octanol–water partition coefficient (Wildman–Crippen LogP) is 12.4. The Hall–Kier alpha value is -6.56. The number of para-hydroxylation sites is 1. The van der Waals surface area contributed by atoms with Crippen LogP contribution in [0.2, 0.25) is 0 Å². The highest BCUT2D eigenvalue weighted by atomic mass is 32.1. The maximum absolute atomic E-state index is 5.47. The Morgan fingerprint density at radius 3 is 1.61 bits per heavy atom. The maximum atomic E-state index is 5.47. The Balaban J connectivity index is 1.34. The Morgan fingerprint density at radius 2 is 0.922 bits per heavy atom. The standard InChI is InChI=1S/C46H26N4S/c1-3-13-27(14-4-1)43-45-44(33-19-9-10-24-38(33)51-45)48-46(47-43)50-35-23-12-21-32-30-18-8-7-17-29(30)31-20-11-22-34-39(31)41-36(25-26-37(50)42(41)40(32)35)49(34)28-15-5-2-6-16-28/h1-26H. The van der Waals surface area contributed by atoms with Crippen LogP contribution in [-0.4, -0.2) is 19.1 Å². The Kier molecular flexibility index (Phi) is 5.35. The van der Waals surface area contributed by atoms with Gasteiger partial charge in [0.2, 0.25) is 5.95 Å². The molecule has 12 aromatic rings. The quantitative estimate of drug-likeness (QED) is 0.188. The second-order valence-electron chi connectivity index (χ2n) is 13.3. The molecule has 0 unspecified atom stereocenters. The van der Waals surface area contributed by atoms with Crippen LogP contribution in [0.4, 0.5) is 0 Å². The summed E-state index contributed by atoms with van der Waals surface area (Å²) in [7, 11) is 0. The molecule has 0 aliphatic rings. The van der Waals surface area contributed by atoms with Gasteiger partial charge >= 0.3 is 0 Å². The monoisotopic (exact) mass is 666 g/mol. The van der Waals surface area contributed by atoms with Crippen LogP contribution in [0.1, 0.15) is 0 Å². The third kappa shape index (κ3) is 3.58. The molecular formula is C46H26N4S. The zero-order valence-corrected chi connectivity index (χ0v) is 28.0. The molecule has 0 N–H and O–H groups in total. The highest BCUT2D eigenvalue weighted by Gasteiger charge is 2.26. The van der Waals surface area contributed by atoms with E-state index in [1.807, 2.05) is 0 Å². The van der Waals surface area contributed by atoms with Crippen LogP contribution in [0.3, 0.4) is 0 Å². The summed E-state index contributed by atoms with van der Waals surface area (Å²) in [6, 6.07) is 56.8. The van der Waals surface area contributed by atoms with Gasteiger partial charge in [0.05, 0.1) is 38.0 Å². The molecule has 0 fully saturated rings. The Bertz CT molecular complexity index is 3350. The number of hydrogen-bond acceptors (Lipinski definition) is 3. The molecule has 0 atom stereocenters. The maximum Gasteiger partial charge on any atom is 0.235 e. The lowest BCUT2D eigenvalue weighted by molar-refractivity contribution is 1.02. The van der Waals surface area contributed by atoms with E-state index in [2.05, 4.69) is 167 Å². The summed E-state index contributed by atoms with van der Waals surface area (Å²) in [6.45, 7) is 0. The first-order chi connectivity index (χ1) is 25.3. The summed E-state index contributed by atoms with van der Waals surface area (Å²) in [6.07, 6.45) is 0. The second kappa shape index (κ2) is 10.0. The number of thiophene rings is 1. The fourth-order valence-electron chi connectivity index (χ4n) is 8.64. The average Bonchev–Trinajstić information content (AvgIpc) is 3.85. The molecule has 0 amide bonds. The van der Waals surface area contributed by atoms with Crippen LogP contribution in [0.5, 0.6) is 0 Å². The van der Waals surface area contributed by atoms with E-state index < -0.39 is 0 Å². The van der Waals surface area contributed by atoms with Crippen molar-refractivity contribution in [3.8, 4) is 22.9 Å². The van der Waals surface area contributed by atoms with Gasteiger partial charge in [-0.25, -0.2) is 9.97 Å². The van der Waals surface area contributed by atoms with Gasteiger partial charge in [-0.05, 0) is 64.0 Å². The fourth-order valence-corrected chi connectivity index (χ4v) is 9.79. The van der Waals surface area contributed by atoms with Gasteiger partial charge in [-0.1, -0.05) is 115 Å². The van der Waals surface area contributed by atoms with Crippen LogP contribution in [-0.2, 0) is 0 Å². The van der Waals surface area contributed by atoms with Gasteiger partial charge in [-0.3, -0.25) is 4.57 Å². The predicted molar refractivity (Wildman–Crippen MR) is 215 cm³/mol. The van der Waals surface area contributed by atoms with E-state index in [0.717, 1.165) is 43.6 Å². The summed E-state index contributed by atoms with van der Waals surface area (Å²) in [5.41, 5.74) is 8.78. The van der Waals surface area contributed by atoms with Crippen molar-refractivity contribution in [3.05, 3.63) is 158 Å². The SMILES string of the molecule is c1ccc(-c2nc(-n3c4cccc5c6ccccc6c6cccc7c6c6c(c54)c3ccc6n7-c3ccccc3)nc3c2sc2ccccc23)cc1. The summed E-state index contributed by atoms with van der Waals surface area (Å²) in [5, 5.41) is 11.1. The lowest BCUT2D eigenvalue weighted by Gasteiger charge is -2.10. The topological polar surface area (TPSA) is 35.6 Å². The van der Waals surface area contributed by atoms with Crippen molar-refractivity contribution in [3.63, 3.8) is 0 Å². The molecule has 4 heterocycles. The number of nitrogens with zero attached hydrogens (tertiary/aromatic N) is 4. The van der Waals surface area contributed by atoms with Crippen molar-refractivity contribution in [2.24, 2.45) is 0 Å². The molecule has 8 aromatic carbocycles. The largest absolute Gasteiger partial charge is 0.309 e. The lowest BCUT2D eigenvalue weighted by Crippen LogP contribution is -2.02. The molecule has 0 aliphatic heterocycles. The van der Waals surface area contributed by atoms with Crippen molar-refractivity contribution < 1.29 is 0 Å². The summed E-state index contributed by atoms with van der Waals surface area (Å²) < 4.78 is 7.07. The zero-order valence-electron chi connectivity index (χ0n) is 27.2. The van der Waals surface area contributed by atoms with Crippen LogP contribution in [0, 0.1) is 0 Å². The van der Waals surface area contributed by atoms with Gasteiger partial charge in [0.15, 0.2) is 0 Å². The molecule has 5 heteroatoms. The smallest absolute Gasteiger partial charge is 0.235 e. The summed E-state index contributed by atoms with van der Waals surface area (Å²) in [4.78, 5) is 10.9. The van der Waals surface area contributed by atoms with E-state index in [1.54, 1.807) is 11.3 Å². The average molecular weight is 667 g/mol. The zero-order chi connectivity index (χ0) is 33.2. The first-order valence-electron chi connectivity index (χ1n) is 17.3. The first-order valence-corrected chi connectivity index (χ1v) is 18.1. The van der Waals surface area contributed by atoms with Gasteiger partial charge < -0.3 is 4.57 Å². The minimum absolute atomic E-state index is 0.681. The van der Waals surface area contributed by atoms with Crippen LogP contribution in [0.15, 0.2) is 158 Å². The highest BCUT2D eigenvalue weighted by Crippen LogP contribution is 2.48. The summed E-state index contributed by atoms with van der Waals surface area (Å²) in [5.74, 6) is 0.681. The molecule has 0 bridgehead atoms. The number of fused-ring (bicyclic) bond motifs is 6. The van der Waals surface area contributed by atoms with E-state index in [1.165, 1.54) is 58.8 Å². The first kappa shape index (κ1) is 27.3. The Labute approximate surface area is 295 Å². The molecule has 0 spiro atoms. The number of aromatic nitrogens is 4. The molecule has 0 aliphatic carbocycles. The third-order valence-corrected chi connectivity index (χ3v) is 11.9. The molecular weight excluding hydrogens is 641 g/mol.